The normalized spacial score (nSPS) is 11.8. The summed E-state index contributed by atoms with van der Waals surface area (Å²) in [5.41, 5.74) is 5.80. The molecular formula is C10H16ClNS. The van der Waals surface area contributed by atoms with E-state index >= 15 is 0 Å². The molecule has 3 heteroatoms. The van der Waals surface area contributed by atoms with Crippen LogP contribution in [-0.2, 0) is 0 Å². The zero-order valence-electron chi connectivity index (χ0n) is 7.77. The van der Waals surface area contributed by atoms with Crippen LogP contribution in [0.1, 0.15) is 13.3 Å². The molecule has 1 nitrogen and oxygen atoms in total. The Balaban J connectivity index is 0.00000144. The van der Waals surface area contributed by atoms with Gasteiger partial charge in [-0.2, -0.15) is 0 Å². The summed E-state index contributed by atoms with van der Waals surface area (Å²) in [5.74, 6) is 1.01. The summed E-state index contributed by atoms with van der Waals surface area (Å²) in [5, 5.41) is 0. The molecule has 0 heterocycles. The van der Waals surface area contributed by atoms with Crippen LogP contribution in [0.3, 0.4) is 0 Å². The molecule has 0 spiro atoms. The maximum absolute atomic E-state index is 5.80. The van der Waals surface area contributed by atoms with Crippen LogP contribution >= 0.6 is 24.2 Å². The third-order valence-corrected chi connectivity index (χ3v) is 2.93. The molecule has 1 aromatic rings. The van der Waals surface area contributed by atoms with Crippen LogP contribution < -0.4 is 5.73 Å². The van der Waals surface area contributed by atoms with Crippen molar-refractivity contribution in [2.45, 2.75) is 24.3 Å². The molecule has 0 amide bonds. The van der Waals surface area contributed by atoms with Gasteiger partial charge in [-0.1, -0.05) is 25.1 Å². The molecule has 0 fully saturated rings. The number of rotatable bonds is 4. The van der Waals surface area contributed by atoms with Gasteiger partial charge in [0, 0.05) is 16.7 Å². The summed E-state index contributed by atoms with van der Waals surface area (Å²) in [6.07, 6.45) is 1.06. The van der Waals surface area contributed by atoms with Crippen LogP contribution in [0.5, 0.6) is 0 Å². The first kappa shape index (κ1) is 12.8. The lowest BCUT2D eigenvalue weighted by molar-refractivity contribution is 0.725. The largest absolute Gasteiger partial charge is 0.327 e. The SMILES string of the molecule is CCC(N)CSc1ccccc1.Cl. The van der Waals surface area contributed by atoms with Crippen molar-refractivity contribution in [3.05, 3.63) is 30.3 Å². The molecule has 2 N–H and O–H groups in total. The van der Waals surface area contributed by atoms with Gasteiger partial charge in [0.15, 0.2) is 0 Å². The van der Waals surface area contributed by atoms with Crippen molar-refractivity contribution in [1.29, 1.82) is 0 Å². The van der Waals surface area contributed by atoms with Gasteiger partial charge in [0.05, 0.1) is 0 Å². The molecule has 13 heavy (non-hydrogen) atoms. The van der Waals surface area contributed by atoms with Crippen molar-refractivity contribution in [3.8, 4) is 0 Å². The predicted octanol–water partition coefficient (Wildman–Crippen LogP) is 2.94. The van der Waals surface area contributed by atoms with Crippen molar-refractivity contribution >= 4 is 24.2 Å². The Kier molecular flexibility index (Phi) is 7.14. The first-order chi connectivity index (χ1) is 5.83. The van der Waals surface area contributed by atoms with E-state index in [1.54, 1.807) is 0 Å². The van der Waals surface area contributed by atoms with Gasteiger partial charge in [0.25, 0.3) is 0 Å². The molecule has 1 rings (SSSR count). The summed E-state index contributed by atoms with van der Waals surface area (Å²) in [7, 11) is 0. The standard InChI is InChI=1S/C10H15NS.ClH/c1-2-9(11)8-12-10-6-4-3-5-7-10;/h3-7,9H,2,8,11H2,1H3;1H. The number of nitrogens with two attached hydrogens (primary N) is 1. The van der Waals surface area contributed by atoms with E-state index in [-0.39, 0.29) is 12.4 Å². The summed E-state index contributed by atoms with van der Waals surface area (Å²) in [6.45, 7) is 2.12. The highest BCUT2D eigenvalue weighted by Gasteiger charge is 1.99. The number of hydrogen-bond donors (Lipinski definition) is 1. The Morgan fingerprint density at radius 2 is 1.92 bits per heavy atom. The topological polar surface area (TPSA) is 26.0 Å². The fraction of sp³-hybridized carbons (Fsp3) is 0.400. The molecule has 0 radical (unpaired) electrons. The third kappa shape index (κ3) is 5.19. The summed E-state index contributed by atoms with van der Waals surface area (Å²) < 4.78 is 0. The van der Waals surface area contributed by atoms with Gasteiger partial charge >= 0.3 is 0 Å². The van der Waals surface area contributed by atoms with E-state index in [4.69, 9.17) is 5.73 Å². The van der Waals surface area contributed by atoms with Gasteiger partial charge in [0.1, 0.15) is 0 Å². The van der Waals surface area contributed by atoms with Crippen molar-refractivity contribution in [2.75, 3.05) is 5.75 Å². The molecule has 0 saturated heterocycles. The van der Waals surface area contributed by atoms with Crippen molar-refractivity contribution in [2.24, 2.45) is 5.73 Å². The lowest BCUT2D eigenvalue weighted by Gasteiger charge is -2.07. The summed E-state index contributed by atoms with van der Waals surface area (Å²) >= 11 is 1.83. The molecule has 0 aliphatic rings. The minimum Gasteiger partial charge on any atom is -0.327 e. The number of benzene rings is 1. The Morgan fingerprint density at radius 1 is 1.31 bits per heavy atom. The Hall–Kier alpha value is -0.180. The van der Waals surface area contributed by atoms with Crippen LogP contribution in [0.2, 0.25) is 0 Å². The van der Waals surface area contributed by atoms with E-state index in [0.717, 1.165) is 12.2 Å². The van der Waals surface area contributed by atoms with E-state index in [1.165, 1.54) is 4.90 Å². The van der Waals surface area contributed by atoms with Gasteiger partial charge in [0.2, 0.25) is 0 Å². The van der Waals surface area contributed by atoms with Gasteiger partial charge in [-0.3, -0.25) is 0 Å². The molecule has 0 aliphatic heterocycles. The molecule has 0 saturated carbocycles. The highest BCUT2D eigenvalue weighted by molar-refractivity contribution is 7.99. The van der Waals surface area contributed by atoms with Crippen LogP contribution in [0.15, 0.2) is 35.2 Å². The molecule has 0 bridgehead atoms. The average Bonchev–Trinajstić information content (AvgIpc) is 2.16. The second kappa shape index (κ2) is 7.25. The van der Waals surface area contributed by atoms with Crippen molar-refractivity contribution in [3.63, 3.8) is 0 Å². The highest BCUT2D eigenvalue weighted by Crippen LogP contribution is 2.17. The van der Waals surface area contributed by atoms with E-state index in [0.29, 0.717) is 6.04 Å². The monoisotopic (exact) mass is 217 g/mol. The van der Waals surface area contributed by atoms with Crippen LogP contribution in [0, 0.1) is 0 Å². The number of thioether (sulfide) groups is 1. The fourth-order valence-electron chi connectivity index (χ4n) is 0.838. The molecule has 0 aromatic heterocycles. The summed E-state index contributed by atoms with van der Waals surface area (Å²) in [4.78, 5) is 1.31. The van der Waals surface area contributed by atoms with Crippen LogP contribution in [0.4, 0.5) is 0 Å². The van der Waals surface area contributed by atoms with E-state index in [1.807, 2.05) is 17.8 Å². The maximum atomic E-state index is 5.80. The second-order valence-corrected chi connectivity index (χ2v) is 3.89. The van der Waals surface area contributed by atoms with Crippen molar-refractivity contribution in [1.82, 2.24) is 0 Å². The first-order valence-electron chi connectivity index (χ1n) is 4.26. The molecule has 0 aliphatic carbocycles. The highest BCUT2D eigenvalue weighted by atomic mass is 35.5. The lowest BCUT2D eigenvalue weighted by Crippen LogP contribution is -2.21. The quantitative estimate of drug-likeness (QED) is 0.785. The molecule has 1 aromatic carbocycles. The zero-order valence-corrected chi connectivity index (χ0v) is 9.41. The van der Waals surface area contributed by atoms with E-state index in [2.05, 4.69) is 31.2 Å². The number of halogens is 1. The molecule has 74 valence electrons. The van der Waals surface area contributed by atoms with Gasteiger partial charge in [-0.15, -0.1) is 24.2 Å². The van der Waals surface area contributed by atoms with Crippen molar-refractivity contribution < 1.29 is 0 Å². The Morgan fingerprint density at radius 3 is 2.46 bits per heavy atom. The molecule has 1 unspecified atom stereocenters. The van der Waals surface area contributed by atoms with Gasteiger partial charge in [-0.05, 0) is 18.6 Å². The number of hydrogen-bond acceptors (Lipinski definition) is 2. The first-order valence-corrected chi connectivity index (χ1v) is 5.25. The average molecular weight is 218 g/mol. The predicted molar refractivity (Wildman–Crippen MR) is 62.7 cm³/mol. The molecule has 1 atom stereocenters. The minimum absolute atomic E-state index is 0. The van der Waals surface area contributed by atoms with E-state index < -0.39 is 0 Å². The second-order valence-electron chi connectivity index (χ2n) is 2.79. The molecular weight excluding hydrogens is 202 g/mol. The van der Waals surface area contributed by atoms with E-state index in [9.17, 15) is 0 Å². The lowest BCUT2D eigenvalue weighted by atomic mass is 10.3. The minimum atomic E-state index is 0. The van der Waals surface area contributed by atoms with Gasteiger partial charge < -0.3 is 5.73 Å². The Bertz CT molecular complexity index is 215. The third-order valence-electron chi connectivity index (χ3n) is 1.73. The Labute approximate surface area is 90.5 Å². The summed E-state index contributed by atoms with van der Waals surface area (Å²) in [6, 6.07) is 10.7. The maximum Gasteiger partial charge on any atom is 0.0132 e. The smallest absolute Gasteiger partial charge is 0.0132 e. The van der Waals surface area contributed by atoms with Gasteiger partial charge in [-0.25, -0.2) is 0 Å². The fourth-order valence-corrected chi connectivity index (χ4v) is 1.83. The zero-order chi connectivity index (χ0) is 8.81. The van der Waals surface area contributed by atoms with Crippen LogP contribution in [0.25, 0.3) is 0 Å². The van der Waals surface area contributed by atoms with Crippen LogP contribution in [-0.4, -0.2) is 11.8 Å².